The van der Waals surface area contributed by atoms with E-state index in [1.807, 2.05) is 0 Å². The molecule has 1 atom stereocenters. The predicted molar refractivity (Wildman–Crippen MR) is 39.0 cm³/mol. The van der Waals surface area contributed by atoms with E-state index >= 15 is 0 Å². The van der Waals surface area contributed by atoms with Crippen molar-refractivity contribution in [2.24, 2.45) is 16.6 Å². The van der Waals surface area contributed by atoms with Gasteiger partial charge >= 0.3 is 0 Å². The Balaban J connectivity index is 1.95. The van der Waals surface area contributed by atoms with Crippen LogP contribution in [0.4, 0.5) is 0 Å². The number of rotatable bonds is 2. The van der Waals surface area contributed by atoms with E-state index in [1.165, 1.54) is 12.8 Å². The van der Waals surface area contributed by atoms with Crippen LogP contribution in [0.2, 0.25) is 0 Å². The molecule has 3 nitrogen and oxygen atoms in total. The average Bonchev–Trinajstić information content (AvgIpc) is 2.70. The van der Waals surface area contributed by atoms with Gasteiger partial charge in [-0.25, -0.2) is 4.99 Å². The van der Waals surface area contributed by atoms with E-state index in [1.54, 1.807) is 0 Å². The monoisotopic (exact) mass is 140 g/mol. The van der Waals surface area contributed by atoms with Crippen molar-refractivity contribution in [1.82, 2.24) is 0 Å². The molecule has 0 aromatic carbocycles. The Labute approximate surface area is 60.3 Å². The molecule has 0 bridgehead atoms. The zero-order chi connectivity index (χ0) is 6.97. The smallest absolute Gasteiger partial charge is 0.197 e. The van der Waals surface area contributed by atoms with Crippen LogP contribution in [0.15, 0.2) is 4.99 Å². The summed E-state index contributed by atoms with van der Waals surface area (Å²) in [5, 5.41) is 0. The van der Waals surface area contributed by atoms with Gasteiger partial charge in [-0.05, 0) is 18.8 Å². The maximum Gasteiger partial charge on any atom is 0.197 e. The Bertz CT molecular complexity index is 163. The zero-order valence-corrected chi connectivity index (χ0v) is 5.92. The van der Waals surface area contributed by atoms with E-state index in [2.05, 4.69) is 4.99 Å². The van der Waals surface area contributed by atoms with E-state index in [0.717, 1.165) is 18.4 Å². The molecule has 2 rings (SSSR count). The third-order valence-electron chi connectivity index (χ3n) is 2.07. The molecule has 0 amide bonds. The summed E-state index contributed by atoms with van der Waals surface area (Å²) in [6.45, 7) is 1.24. The van der Waals surface area contributed by atoms with Crippen molar-refractivity contribution in [3.63, 3.8) is 0 Å². The summed E-state index contributed by atoms with van der Waals surface area (Å²) in [6.07, 6.45) is 2.66. The second-order valence-electron chi connectivity index (χ2n) is 2.94. The maximum atomic E-state index is 5.36. The Hall–Kier alpha value is -0.570. The summed E-state index contributed by atoms with van der Waals surface area (Å²) in [6, 6.07) is 0.443. The van der Waals surface area contributed by atoms with E-state index in [0.29, 0.717) is 12.6 Å². The van der Waals surface area contributed by atoms with Crippen molar-refractivity contribution < 1.29 is 4.74 Å². The van der Waals surface area contributed by atoms with Crippen molar-refractivity contribution in [1.29, 1.82) is 0 Å². The van der Waals surface area contributed by atoms with Crippen molar-refractivity contribution in [3.8, 4) is 0 Å². The molecule has 0 aromatic rings. The van der Waals surface area contributed by atoms with Crippen LogP contribution in [0.25, 0.3) is 0 Å². The number of nitrogens with two attached hydrogens (primary N) is 1. The first-order valence-electron chi connectivity index (χ1n) is 3.79. The Morgan fingerprint density at radius 3 is 2.90 bits per heavy atom. The molecule has 0 aromatic heterocycles. The van der Waals surface area contributed by atoms with Gasteiger partial charge in [0.1, 0.15) is 6.61 Å². The third kappa shape index (κ3) is 1.01. The lowest BCUT2D eigenvalue weighted by Crippen LogP contribution is -2.13. The molecular formula is C7H12N2O. The minimum absolute atomic E-state index is 0.443. The van der Waals surface area contributed by atoms with Gasteiger partial charge in [0.05, 0.1) is 12.6 Å². The van der Waals surface area contributed by atoms with Gasteiger partial charge in [0.25, 0.3) is 0 Å². The topological polar surface area (TPSA) is 47.6 Å². The first-order valence-corrected chi connectivity index (χ1v) is 3.79. The van der Waals surface area contributed by atoms with Gasteiger partial charge in [-0.15, -0.1) is 0 Å². The molecule has 3 heteroatoms. The minimum atomic E-state index is 0.443. The molecule has 0 saturated heterocycles. The van der Waals surface area contributed by atoms with Crippen LogP contribution in [-0.4, -0.2) is 25.1 Å². The second-order valence-corrected chi connectivity index (χ2v) is 2.94. The van der Waals surface area contributed by atoms with Crippen molar-refractivity contribution in [2.45, 2.75) is 18.9 Å². The Morgan fingerprint density at radius 1 is 1.60 bits per heavy atom. The highest BCUT2D eigenvalue weighted by Gasteiger charge is 2.34. The van der Waals surface area contributed by atoms with Crippen LogP contribution in [0.5, 0.6) is 0 Å². The Kier molecular flexibility index (Phi) is 1.38. The molecule has 10 heavy (non-hydrogen) atoms. The molecule has 0 radical (unpaired) electrons. The normalized spacial score (nSPS) is 31.7. The van der Waals surface area contributed by atoms with Crippen LogP contribution in [-0.2, 0) is 4.74 Å². The van der Waals surface area contributed by atoms with E-state index in [9.17, 15) is 0 Å². The minimum Gasteiger partial charge on any atom is -0.478 e. The number of hydrogen-bond donors (Lipinski definition) is 1. The molecule has 56 valence electrons. The molecule has 0 spiro atoms. The van der Waals surface area contributed by atoms with Crippen molar-refractivity contribution >= 4 is 5.90 Å². The van der Waals surface area contributed by atoms with E-state index in [4.69, 9.17) is 10.5 Å². The standard InChI is InChI=1S/C7H12N2O/c8-3-7-9-6(4-10-7)5-1-2-5/h5-6H,1-4,8H2. The third-order valence-corrected chi connectivity index (χ3v) is 2.07. The molecule has 1 saturated carbocycles. The van der Waals surface area contributed by atoms with Gasteiger partial charge < -0.3 is 10.5 Å². The molecule has 1 aliphatic heterocycles. The molecule has 2 N–H and O–H groups in total. The van der Waals surface area contributed by atoms with Gasteiger partial charge in [-0.3, -0.25) is 0 Å². The van der Waals surface area contributed by atoms with Gasteiger partial charge in [0.2, 0.25) is 0 Å². The van der Waals surface area contributed by atoms with Crippen LogP contribution in [0.3, 0.4) is 0 Å². The highest BCUT2D eigenvalue weighted by Crippen LogP contribution is 2.35. The largest absolute Gasteiger partial charge is 0.478 e. The van der Waals surface area contributed by atoms with Gasteiger partial charge in [-0.2, -0.15) is 0 Å². The fourth-order valence-corrected chi connectivity index (χ4v) is 1.28. The van der Waals surface area contributed by atoms with E-state index < -0.39 is 0 Å². The first-order chi connectivity index (χ1) is 4.90. The SMILES string of the molecule is NCC1=NC(C2CC2)CO1. The molecular weight excluding hydrogens is 128 g/mol. The van der Waals surface area contributed by atoms with Gasteiger partial charge in [0, 0.05) is 0 Å². The van der Waals surface area contributed by atoms with Gasteiger partial charge in [0.15, 0.2) is 5.90 Å². The lowest BCUT2D eigenvalue weighted by molar-refractivity contribution is 0.303. The van der Waals surface area contributed by atoms with Crippen molar-refractivity contribution in [2.75, 3.05) is 13.2 Å². The molecule has 1 unspecified atom stereocenters. The highest BCUT2D eigenvalue weighted by molar-refractivity contribution is 5.79. The fourth-order valence-electron chi connectivity index (χ4n) is 1.28. The number of nitrogens with zero attached hydrogens (tertiary/aromatic N) is 1. The number of aliphatic imine (C=N–C) groups is 1. The number of hydrogen-bond acceptors (Lipinski definition) is 3. The maximum absolute atomic E-state index is 5.36. The van der Waals surface area contributed by atoms with Crippen LogP contribution in [0.1, 0.15) is 12.8 Å². The quantitative estimate of drug-likeness (QED) is 0.593. The zero-order valence-electron chi connectivity index (χ0n) is 5.92. The molecule has 1 fully saturated rings. The summed E-state index contributed by atoms with van der Waals surface area (Å²) < 4.78 is 5.24. The molecule has 1 heterocycles. The predicted octanol–water partition coefficient (Wildman–Crippen LogP) is 0.152. The number of ether oxygens (including phenoxy) is 1. The summed E-state index contributed by atoms with van der Waals surface area (Å²) in [5.74, 6) is 1.56. The summed E-state index contributed by atoms with van der Waals surface area (Å²) in [4.78, 5) is 4.34. The van der Waals surface area contributed by atoms with E-state index in [-0.39, 0.29) is 0 Å². The molecule has 1 aliphatic carbocycles. The first kappa shape index (κ1) is 6.16. The fraction of sp³-hybridized carbons (Fsp3) is 0.857. The summed E-state index contributed by atoms with van der Waals surface area (Å²) in [5.41, 5.74) is 5.36. The van der Waals surface area contributed by atoms with Crippen molar-refractivity contribution in [3.05, 3.63) is 0 Å². The summed E-state index contributed by atoms with van der Waals surface area (Å²) in [7, 11) is 0. The Morgan fingerprint density at radius 2 is 2.40 bits per heavy atom. The highest BCUT2D eigenvalue weighted by atomic mass is 16.5. The lowest BCUT2D eigenvalue weighted by Gasteiger charge is -1.98. The van der Waals surface area contributed by atoms with Crippen LogP contribution in [0, 0.1) is 5.92 Å². The molecule has 2 aliphatic rings. The average molecular weight is 140 g/mol. The summed E-state index contributed by atoms with van der Waals surface area (Å²) >= 11 is 0. The second kappa shape index (κ2) is 2.23. The van der Waals surface area contributed by atoms with Crippen LogP contribution < -0.4 is 5.73 Å². The lowest BCUT2D eigenvalue weighted by atomic mass is 10.2. The van der Waals surface area contributed by atoms with Crippen LogP contribution >= 0.6 is 0 Å². The van der Waals surface area contributed by atoms with Gasteiger partial charge in [-0.1, -0.05) is 0 Å².